The Morgan fingerprint density at radius 3 is 2.41 bits per heavy atom. The highest BCUT2D eigenvalue weighted by atomic mass is 16.7. The van der Waals surface area contributed by atoms with E-state index in [0.29, 0.717) is 31.0 Å². The van der Waals surface area contributed by atoms with E-state index in [-0.39, 0.29) is 12.2 Å². The van der Waals surface area contributed by atoms with Crippen LogP contribution < -0.4 is 4.90 Å². The molecule has 3 aliphatic heterocycles. The molecule has 2 fully saturated rings. The van der Waals surface area contributed by atoms with Gasteiger partial charge in [0.2, 0.25) is 0 Å². The summed E-state index contributed by atoms with van der Waals surface area (Å²) in [5.74, 6) is -2.14. The van der Waals surface area contributed by atoms with Gasteiger partial charge in [-0.1, -0.05) is 18.2 Å². The van der Waals surface area contributed by atoms with Crippen molar-refractivity contribution in [1.82, 2.24) is 4.90 Å². The minimum absolute atomic E-state index is 0.0492. The van der Waals surface area contributed by atoms with E-state index in [2.05, 4.69) is 4.90 Å². The van der Waals surface area contributed by atoms with E-state index in [9.17, 15) is 20.0 Å². The van der Waals surface area contributed by atoms with Gasteiger partial charge in [-0.15, -0.1) is 0 Å². The summed E-state index contributed by atoms with van der Waals surface area (Å²) in [6, 6.07) is 7.13. The number of aliphatic hydroxyl groups is 1. The van der Waals surface area contributed by atoms with Crippen LogP contribution in [0.3, 0.4) is 0 Å². The number of fused-ring (bicyclic) bond motifs is 2. The number of morpholine rings is 1. The van der Waals surface area contributed by atoms with Gasteiger partial charge in [0.25, 0.3) is 17.2 Å². The van der Waals surface area contributed by atoms with Crippen molar-refractivity contribution < 1.29 is 29.0 Å². The summed E-state index contributed by atoms with van der Waals surface area (Å²) < 4.78 is 17.2. The Morgan fingerprint density at radius 1 is 1.21 bits per heavy atom. The van der Waals surface area contributed by atoms with E-state index in [1.165, 1.54) is 0 Å². The van der Waals surface area contributed by atoms with Gasteiger partial charge in [0.15, 0.2) is 0 Å². The maximum absolute atomic E-state index is 13.4. The van der Waals surface area contributed by atoms with Crippen molar-refractivity contribution in [2.45, 2.75) is 37.4 Å². The van der Waals surface area contributed by atoms with E-state index < -0.39 is 42.0 Å². The predicted molar refractivity (Wildman–Crippen MR) is 101 cm³/mol. The van der Waals surface area contributed by atoms with E-state index in [1.54, 1.807) is 17.0 Å². The first-order valence-corrected chi connectivity index (χ1v) is 9.64. The van der Waals surface area contributed by atoms with Crippen molar-refractivity contribution in [2.75, 3.05) is 44.5 Å². The molecule has 0 saturated carbocycles. The first kappa shape index (κ1) is 20.2. The topological polar surface area (TPSA) is 115 Å². The second-order valence-electron chi connectivity index (χ2n) is 8.02. The van der Waals surface area contributed by atoms with Crippen molar-refractivity contribution in [3.8, 4) is 0 Å². The van der Waals surface area contributed by atoms with Crippen LogP contribution >= 0.6 is 0 Å². The number of ether oxygens (including phenoxy) is 3. The van der Waals surface area contributed by atoms with Gasteiger partial charge < -0.3 is 19.3 Å². The molecular weight excluding hydrogens is 382 g/mol. The van der Waals surface area contributed by atoms with Crippen LogP contribution in [0.4, 0.5) is 5.69 Å². The molecule has 0 bridgehead atoms. The molecule has 2 unspecified atom stereocenters. The number of hydrogen-bond acceptors (Lipinski definition) is 8. The van der Waals surface area contributed by atoms with Gasteiger partial charge in [0.1, 0.15) is 19.8 Å². The number of anilines is 1. The lowest BCUT2D eigenvalue weighted by Crippen LogP contribution is -2.61. The highest BCUT2D eigenvalue weighted by Crippen LogP contribution is 2.46. The lowest BCUT2D eigenvalue weighted by Gasteiger charge is -2.39. The third-order valence-corrected chi connectivity index (χ3v) is 5.68. The summed E-state index contributed by atoms with van der Waals surface area (Å²) in [6.07, 6.45) is 0.0983. The Hall–Kier alpha value is -2.11. The van der Waals surface area contributed by atoms with Gasteiger partial charge >= 0.3 is 0 Å². The number of benzene rings is 1. The molecule has 1 aromatic carbocycles. The van der Waals surface area contributed by atoms with E-state index in [1.807, 2.05) is 26.0 Å². The standard InChI is InChI=1S/C19H25N3O7/c1-13-7-20(8-14(2)29-13)12-21-16-6-4-3-5-15(16)19(17(21)24)27-10-18(9-23,11-28-19)22(25)26/h3-6,13-14,23H,7-12H2,1-2H3. The van der Waals surface area contributed by atoms with Gasteiger partial charge in [0.05, 0.1) is 24.6 Å². The van der Waals surface area contributed by atoms with Gasteiger partial charge in [0, 0.05) is 23.6 Å². The quantitative estimate of drug-likeness (QED) is 0.560. The molecule has 3 heterocycles. The summed E-state index contributed by atoms with van der Waals surface area (Å²) in [5, 5.41) is 20.9. The zero-order chi connectivity index (χ0) is 20.8. The SMILES string of the molecule is CC1CN(CN2C(=O)C3(OCC(CO)([N+](=O)[O-])CO3)c3ccccc32)CC(C)O1. The summed E-state index contributed by atoms with van der Waals surface area (Å²) in [5.41, 5.74) is -0.598. The van der Waals surface area contributed by atoms with Crippen LogP contribution in [0, 0.1) is 10.1 Å². The number of rotatable bonds is 4. The Labute approximate surface area is 168 Å². The molecular formula is C19H25N3O7. The van der Waals surface area contributed by atoms with Crippen LogP contribution in [0.25, 0.3) is 0 Å². The third-order valence-electron chi connectivity index (χ3n) is 5.68. The van der Waals surface area contributed by atoms with Crippen LogP contribution in [0.5, 0.6) is 0 Å². The molecule has 1 N–H and O–H groups in total. The fourth-order valence-corrected chi connectivity index (χ4v) is 4.22. The molecule has 158 valence electrons. The van der Waals surface area contributed by atoms with Crippen molar-refractivity contribution in [2.24, 2.45) is 0 Å². The molecule has 29 heavy (non-hydrogen) atoms. The molecule has 0 aromatic heterocycles. The number of amides is 1. The lowest BCUT2D eigenvalue weighted by molar-refractivity contribution is -0.598. The summed E-state index contributed by atoms with van der Waals surface area (Å²) in [4.78, 5) is 27.9. The maximum Gasteiger partial charge on any atom is 0.293 e. The van der Waals surface area contributed by atoms with Crippen LogP contribution in [0.2, 0.25) is 0 Å². The number of carbonyl (C=O) groups excluding carboxylic acids is 1. The minimum atomic E-state index is -1.77. The molecule has 2 saturated heterocycles. The Balaban J connectivity index is 1.61. The number of aliphatic hydroxyl groups excluding tert-OH is 1. The van der Waals surface area contributed by atoms with Crippen molar-refractivity contribution >= 4 is 11.6 Å². The zero-order valence-electron chi connectivity index (χ0n) is 16.4. The molecule has 1 spiro atoms. The Morgan fingerprint density at radius 2 is 1.83 bits per heavy atom. The first-order chi connectivity index (χ1) is 13.8. The van der Waals surface area contributed by atoms with Crippen LogP contribution in [0.15, 0.2) is 24.3 Å². The minimum Gasteiger partial charge on any atom is -0.389 e. The number of nitro groups is 1. The van der Waals surface area contributed by atoms with Crippen molar-refractivity contribution in [1.29, 1.82) is 0 Å². The molecule has 1 aromatic rings. The van der Waals surface area contributed by atoms with E-state index in [4.69, 9.17) is 14.2 Å². The molecule has 1 amide bonds. The average Bonchev–Trinajstić information content (AvgIpc) is 2.91. The van der Waals surface area contributed by atoms with Crippen LogP contribution in [-0.2, 0) is 24.8 Å². The molecule has 10 heteroatoms. The molecule has 0 aliphatic carbocycles. The Kier molecular flexibility index (Phi) is 5.07. The third kappa shape index (κ3) is 3.21. The largest absolute Gasteiger partial charge is 0.389 e. The highest BCUT2D eigenvalue weighted by molar-refractivity contribution is 6.06. The smallest absolute Gasteiger partial charge is 0.293 e. The molecule has 4 rings (SSSR count). The highest BCUT2D eigenvalue weighted by Gasteiger charge is 2.61. The summed E-state index contributed by atoms with van der Waals surface area (Å²) in [6.45, 7) is 4.10. The normalized spacial score (nSPS) is 35.1. The average molecular weight is 407 g/mol. The maximum atomic E-state index is 13.4. The van der Waals surface area contributed by atoms with Gasteiger partial charge in [-0.3, -0.25) is 24.7 Å². The van der Waals surface area contributed by atoms with Crippen molar-refractivity contribution in [3.63, 3.8) is 0 Å². The number of hydrogen-bond donors (Lipinski definition) is 1. The second-order valence-corrected chi connectivity index (χ2v) is 8.02. The predicted octanol–water partition coefficient (Wildman–Crippen LogP) is 0.307. The summed E-state index contributed by atoms with van der Waals surface area (Å²) >= 11 is 0. The van der Waals surface area contributed by atoms with Gasteiger partial charge in [-0.2, -0.15) is 0 Å². The van der Waals surface area contributed by atoms with Crippen LogP contribution in [-0.4, -0.2) is 78.2 Å². The zero-order valence-corrected chi connectivity index (χ0v) is 16.4. The van der Waals surface area contributed by atoms with Crippen LogP contribution in [0.1, 0.15) is 19.4 Å². The monoisotopic (exact) mass is 407 g/mol. The van der Waals surface area contributed by atoms with Crippen molar-refractivity contribution in [3.05, 3.63) is 39.9 Å². The fraction of sp³-hybridized carbons (Fsp3) is 0.632. The molecule has 3 aliphatic rings. The van der Waals surface area contributed by atoms with Gasteiger partial charge in [-0.25, -0.2) is 0 Å². The second kappa shape index (κ2) is 7.29. The Bertz CT molecular complexity index is 799. The molecule has 10 nitrogen and oxygen atoms in total. The number of nitrogens with zero attached hydrogens (tertiary/aromatic N) is 3. The first-order valence-electron chi connectivity index (χ1n) is 9.64. The molecule has 0 radical (unpaired) electrons. The molecule has 2 atom stereocenters. The number of para-hydroxylation sites is 1. The van der Waals surface area contributed by atoms with E-state index >= 15 is 0 Å². The summed E-state index contributed by atoms with van der Waals surface area (Å²) in [7, 11) is 0. The van der Waals surface area contributed by atoms with E-state index in [0.717, 1.165) is 0 Å². The number of carbonyl (C=O) groups is 1. The fourth-order valence-electron chi connectivity index (χ4n) is 4.22. The lowest BCUT2D eigenvalue weighted by atomic mass is 10.00. The van der Waals surface area contributed by atoms with Gasteiger partial charge in [-0.05, 0) is 19.9 Å².